The van der Waals surface area contributed by atoms with E-state index in [2.05, 4.69) is 11.1 Å². The van der Waals surface area contributed by atoms with Gasteiger partial charge in [-0.1, -0.05) is 42.5 Å². The molecule has 3 aromatic rings. The Morgan fingerprint density at radius 3 is 2.04 bits per heavy atom. The number of aliphatic imine (C=N–C) groups is 1. The molecule has 1 aliphatic rings. The zero-order valence-corrected chi connectivity index (χ0v) is 14.5. The lowest BCUT2D eigenvalue weighted by atomic mass is 9.99. The molecule has 0 bridgehead atoms. The molecule has 0 N–H and O–H groups in total. The highest BCUT2D eigenvalue weighted by atomic mass is 19.1. The van der Waals surface area contributed by atoms with E-state index >= 15 is 0 Å². The molecule has 0 spiro atoms. The van der Waals surface area contributed by atoms with Crippen molar-refractivity contribution in [3.8, 4) is 17.2 Å². The first kappa shape index (κ1) is 17.1. The van der Waals surface area contributed by atoms with Crippen molar-refractivity contribution in [1.82, 2.24) is 0 Å². The molecule has 0 aromatic heterocycles. The monoisotopic (exact) mass is 358 g/mol. The van der Waals surface area contributed by atoms with Gasteiger partial charge >= 0.3 is 0 Å². The summed E-state index contributed by atoms with van der Waals surface area (Å²) in [7, 11) is 0. The van der Waals surface area contributed by atoms with Gasteiger partial charge in [0.2, 0.25) is 0 Å². The molecule has 2 nitrogen and oxygen atoms in total. The third-order valence-corrected chi connectivity index (χ3v) is 4.86. The van der Waals surface area contributed by atoms with Crippen LogP contribution < -0.4 is 0 Å². The predicted octanol–water partition coefficient (Wildman–Crippen LogP) is 5.83. The number of benzene rings is 3. The smallest absolute Gasteiger partial charge is 0.135 e. The molecule has 3 aromatic carbocycles. The van der Waals surface area contributed by atoms with Gasteiger partial charge < -0.3 is 0 Å². The van der Waals surface area contributed by atoms with Crippen molar-refractivity contribution in [3.63, 3.8) is 0 Å². The molecule has 0 amide bonds. The molecular formula is C23H16F2N2. The highest BCUT2D eigenvalue weighted by Crippen LogP contribution is 2.33. The molecule has 0 saturated carbocycles. The minimum atomic E-state index is -0.564. The van der Waals surface area contributed by atoms with E-state index in [4.69, 9.17) is 5.26 Å². The van der Waals surface area contributed by atoms with Crippen molar-refractivity contribution in [1.29, 1.82) is 5.26 Å². The number of hydrogen-bond donors (Lipinski definition) is 0. The van der Waals surface area contributed by atoms with Gasteiger partial charge in [0.05, 0.1) is 23.2 Å². The van der Waals surface area contributed by atoms with Gasteiger partial charge in [0.1, 0.15) is 11.6 Å². The number of nitriles is 1. The van der Waals surface area contributed by atoms with Crippen molar-refractivity contribution in [2.75, 3.05) is 0 Å². The van der Waals surface area contributed by atoms with E-state index in [-0.39, 0.29) is 11.6 Å². The highest BCUT2D eigenvalue weighted by Gasteiger charge is 2.24. The first-order valence-corrected chi connectivity index (χ1v) is 8.77. The fourth-order valence-corrected chi connectivity index (χ4v) is 3.43. The molecule has 0 fully saturated rings. The molecule has 1 atom stereocenters. The molecule has 0 aliphatic carbocycles. The fraction of sp³-hybridized carbons (Fsp3) is 0.130. The summed E-state index contributed by atoms with van der Waals surface area (Å²) < 4.78 is 28.0. The maximum atomic E-state index is 14.0. The second-order valence-electron chi connectivity index (χ2n) is 6.54. The van der Waals surface area contributed by atoms with Crippen LogP contribution in [0.3, 0.4) is 0 Å². The van der Waals surface area contributed by atoms with E-state index in [1.54, 1.807) is 12.1 Å². The minimum Gasteiger partial charge on any atom is -0.281 e. The van der Waals surface area contributed by atoms with Crippen LogP contribution in [0, 0.1) is 23.0 Å². The minimum absolute atomic E-state index is 0.00537. The van der Waals surface area contributed by atoms with Crippen LogP contribution in [0.4, 0.5) is 8.78 Å². The van der Waals surface area contributed by atoms with Crippen LogP contribution in [0.5, 0.6) is 0 Å². The first-order chi connectivity index (χ1) is 13.2. The number of nitrogens with zero attached hydrogens (tertiary/aromatic N) is 2. The van der Waals surface area contributed by atoms with Crippen LogP contribution in [0.15, 0.2) is 71.7 Å². The van der Waals surface area contributed by atoms with E-state index in [0.717, 1.165) is 23.1 Å². The highest BCUT2D eigenvalue weighted by molar-refractivity contribution is 6.02. The Morgan fingerprint density at radius 2 is 1.44 bits per heavy atom. The molecule has 1 aliphatic heterocycles. The average Bonchev–Trinajstić information content (AvgIpc) is 3.18. The Labute approximate surface area is 156 Å². The quantitative estimate of drug-likeness (QED) is 0.580. The molecule has 4 rings (SSSR count). The van der Waals surface area contributed by atoms with Gasteiger partial charge in [-0.25, -0.2) is 8.78 Å². The maximum absolute atomic E-state index is 14.0. The third-order valence-electron chi connectivity index (χ3n) is 4.86. The summed E-state index contributed by atoms with van der Waals surface area (Å²) in [6, 6.07) is 21.4. The van der Waals surface area contributed by atoms with E-state index in [1.807, 2.05) is 36.4 Å². The predicted molar refractivity (Wildman–Crippen MR) is 101 cm³/mol. The molecule has 1 heterocycles. The van der Waals surface area contributed by atoms with Gasteiger partial charge in [0.25, 0.3) is 0 Å². The molecule has 4 heteroatoms. The van der Waals surface area contributed by atoms with Gasteiger partial charge in [-0.05, 0) is 53.8 Å². The zero-order valence-electron chi connectivity index (χ0n) is 14.5. The number of halogens is 2. The Balaban J connectivity index is 1.58. The summed E-state index contributed by atoms with van der Waals surface area (Å²) in [5.74, 6) is -1.13. The molecular weight excluding hydrogens is 342 g/mol. The Hall–Kier alpha value is -3.32. The molecule has 132 valence electrons. The summed E-state index contributed by atoms with van der Waals surface area (Å²) in [5.41, 5.74) is 4.22. The normalized spacial score (nSPS) is 16.0. The maximum Gasteiger partial charge on any atom is 0.135 e. The summed E-state index contributed by atoms with van der Waals surface area (Å²) in [6.07, 6.45) is 1.29. The van der Waals surface area contributed by atoms with Crippen molar-refractivity contribution < 1.29 is 8.78 Å². The SMILES string of the molecule is N#Cc1ccc(-c2ccc([C@H]3CCC(c4c(F)cccc4F)=N3)cc2)cc1. The van der Waals surface area contributed by atoms with Crippen LogP contribution in [0.2, 0.25) is 0 Å². The molecule has 27 heavy (non-hydrogen) atoms. The van der Waals surface area contributed by atoms with Crippen LogP contribution in [0.1, 0.15) is 35.6 Å². The van der Waals surface area contributed by atoms with Crippen LogP contribution >= 0.6 is 0 Å². The van der Waals surface area contributed by atoms with Crippen molar-refractivity contribution in [2.24, 2.45) is 4.99 Å². The van der Waals surface area contributed by atoms with E-state index in [1.165, 1.54) is 18.2 Å². The Kier molecular flexibility index (Phi) is 4.52. The van der Waals surface area contributed by atoms with E-state index < -0.39 is 11.6 Å². The topological polar surface area (TPSA) is 36.1 Å². The lowest BCUT2D eigenvalue weighted by molar-refractivity contribution is 0.578. The van der Waals surface area contributed by atoms with Crippen LogP contribution in [0.25, 0.3) is 11.1 Å². The number of rotatable bonds is 3. The molecule has 0 unspecified atom stereocenters. The summed E-state index contributed by atoms with van der Waals surface area (Å²) in [6.45, 7) is 0. The summed E-state index contributed by atoms with van der Waals surface area (Å²) in [5, 5.41) is 8.89. The van der Waals surface area contributed by atoms with Gasteiger partial charge in [-0.3, -0.25) is 4.99 Å². The van der Waals surface area contributed by atoms with Gasteiger partial charge in [-0.15, -0.1) is 0 Å². The second kappa shape index (κ2) is 7.13. The first-order valence-electron chi connectivity index (χ1n) is 8.77. The van der Waals surface area contributed by atoms with Crippen molar-refractivity contribution >= 4 is 5.71 Å². The van der Waals surface area contributed by atoms with E-state index in [0.29, 0.717) is 17.7 Å². The van der Waals surface area contributed by atoms with Gasteiger partial charge in [0.15, 0.2) is 0 Å². The van der Waals surface area contributed by atoms with Gasteiger partial charge in [0, 0.05) is 5.71 Å². The summed E-state index contributed by atoms with van der Waals surface area (Å²) >= 11 is 0. The van der Waals surface area contributed by atoms with Crippen molar-refractivity contribution in [2.45, 2.75) is 18.9 Å². The number of hydrogen-bond acceptors (Lipinski definition) is 2. The van der Waals surface area contributed by atoms with Crippen molar-refractivity contribution in [3.05, 3.63) is 95.1 Å². The largest absolute Gasteiger partial charge is 0.281 e. The Morgan fingerprint density at radius 1 is 0.852 bits per heavy atom. The van der Waals surface area contributed by atoms with E-state index in [9.17, 15) is 8.78 Å². The van der Waals surface area contributed by atoms with Gasteiger partial charge in [-0.2, -0.15) is 5.26 Å². The van der Waals surface area contributed by atoms with Crippen LogP contribution in [-0.4, -0.2) is 5.71 Å². The summed E-state index contributed by atoms with van der Waals surface area (Å²) in [4.78, 5) is 4.58. The zero-order chi connectivity index (χ0) is 18.8. The second-order valence-corrected chi connectivity index (χ2v) is 6.54. The van der Waals surface area contributed by atoms with Crippen LogP contribution in [-0.2, 0) is 0 Å². The lowest BCUT2D eigenvalue weighted by Gasteiger charge is -2.09. The fourth-order valence-electron chi connectivity index (χ4n) is 3.43. The molecule has 0 saturated heterocycles. The molecule has 0 radical (unpaired) electrons. The lowest BCUT2D eigenvalue weighted by Crippen LogP contribution is -2.03. The Bertz CT molecular complexity index is 1020. The average molecular weight is 358 g/mol. The standard InChI is InChI=1S/C23H16F2N2/c24-19-2-1-3-20(25)23(19)22-13-12-21(27-22)18-10-8-17(9-11-18)16-6-4-15(14-26)5-7-16/h1-11,21H,12-13H2/t21-/m1/s1. The third kappa shape index (κ3) is 3.37.